The van der Waals surface area contributed by atoms with Crippen molar-refractivity contribution in [3.63, 3.8) is 0 Å². The van der Waals surface area contributed by atoms with Crippen molar-refractivity contribution in [2.45, 2.75) is 63.5 Å². The second-order valence-electron chi connectivity index (χ2n) is 14.1. The van der Waals surface area contributed by atoms with E-state index in [1.165, 1.54) is 6.07 Å². The van der Waals surface area contributed by atoms with Gasteiger partial charge in [0.15, 0.2) is 23.9 Å². The van der Waals surface area contributed by atoms with Crippen LogP contribution in [0.15, 0.2) is 85.2 Å². The summed E-state index contributed by atoms with van der Waals surface area (Å²) >= 11 is 13.0. The molecule has 4 aromatic rings. The molecule has 4 heterocycles. The first kappa shape index (κ1) is 40.3. The number of fused-ring (bicyclic) bond motifs is 3. The number of esters is 2. The summed E-state index contributed by atoms with van der Waals surface area (Å²) < 4.78 is 49.5. The fourth-order valence-corrected chi connectivity index (χ4v) is 7.61. The molecule has 1 aliphatic carbocycles. The Morgan fingerprint density at radius 3 is 2.31 bits per heavy atom. The molecule has 3 N–H and O–H groups in total. The minimum atomic E-state index is -3.05. The van der Waals surface area contributed by atoms with E-state index in [9.17, 15) is 18.4 Å². The number of ether oxygens (including phenoxy) is 4. The summed E-state index contributed by atoms with van der Waals surface area (Å²) in [4.78, 5) is 32.7. The first-order valence-electron chi connectivity index (χ1n) is 18.3. The molecule has 2 bridgehead atoms. The largest absolute Gasteiger partial charge is 0.870 e. The molecular weight excluding hydrogens is 755 g/mol. The van der Waals surface area contributed by atoms with Gasteiger partial charge in [0.25, 0.3) is 0 Å². The highest BCUT2D eigenvalue weighted by molar-refractivity contribution is 6.35. The second kappa shape index (κ2) is 18.5. The van der Waals surface area contributed by atoms with Crippen LogP contribution in [-0.4, -0.2) is 61.3 Å². The smallest absolute Gasteiger partial charge is 0.387 e. The summed E-state index contributed by atoms with van der Waals surface area (Å²) in [6, 6.07) is 20.1. The van der Waals surface area contributed by atoms with Crippen LogP contribution in [0.2, 0.25) is 10.0 Å². The maximum absolute atomic E-state index is 13.9. The fraction of sp³-hybridized carbons (Fsp3) is 0.390. The lowest BCUT2D eigenvalue weighted by molar-refractivity contribution is -0.377. The van der Waals surface area contributed by atoms with Crippen LogP contribution in [-0.2, 0) is 27.2 Å². The molecule has 4 aliphatic rings. The van der Waals surface area contributed by atoms with Gasteiger partial charge >= 0.3 is 18.6 Å². The number of alkyl halides is 2. The van der Waals surface area contributed by atoms with Crippen LogP contribution in [0, 0.1) is 11.8 Å². The van der Waals surface area contributed by atoms with E-state index in [-0.39, 0.29) is 47.6 Å². The quantitative estimate of drug-likeness (QED) is 0.114. The zero-order valence-corrected chi connectivity index (χ0v) is 31.5. The molecule has 3 aliphatic heterocycles. The molecule has 3 atom stereocenters. The van der Waals surface area contributed by atoms with Crippen molar-refractivity contribution in [1.29, 1.82) is 0 Å². The SMILES string of the molecule is O=C(O[C@@H](Cc1c(Cl)c[nH+]cc1Cl)c1ccc(OC(F)F)c(OCC2CC2)c1)c1cccc(CNC(C(=O)O[C@H]2CN3CCC2CC3)c2ccccc2)c1.[OH-]. The highest BCUT2D eigenvalue weighted by Crippen LogP contribution is 2.38. The van der Waals surface area contributed by atoms with Crippen molar-refractivity contribution in [3.05, 3.63) is 123 Å². The van der Waals surface area contributed by atoms with Crippen LogP contribution < -0.4 is 19.8 Å². The number of nitrogens with one attached hydrogen (secondary N) is 2. The van der Waals surface area contributed by atoms with Crippen molar-refractivity contribution in [2.75, 3.05) is 26.2 Å². The highest BCUT2D eigenvalue weighted by atomic mass is 35.5. The van der Waals surface area contributed by atoms with Crippen LogP contribution >= 0.6 is 23.2 Å². The normalized spacial score (nSPS) is 19.9. The van der Waals surface area contributed by atoms with E-state index in [4.69, 9.17) is 42.1 Å². The van der Waals surface area contributed by atoms with Crippen molar-refractivity contribution >= 4 is 35.1 Å². The summed E-state index contributed by atoms with van der Waals surface area (Å²) in [5, 5.41) is 4.03. The predicted octanol–water partition coefficient (Wildman–Crippen LogP) is 7.63. The average molecular weight is 799 g/mol. The maximum atomic E-state index is 13.9. The zero-order valence-electron chi connectivity index (χ0n) is 30.0. The highest BCUT2D eigenvalue weighted by Gasteiger charge is 2.38. The maximum Gasteiger partial charge on any atom is 0.387 e. The number of piperidine rings is 3. The molecule has 292 valence electrons. The Bertz CT molecular complexity index is 1910. The number of halogens is 4. The van der Waals surface area contributed by atoms with Gasteiger partial charge in [0.2, 0.25) is 0 Å². The van der Waals surface area contributed by atoms with Gasteiger partial charge in [-0.2, -0.15) is 8.78 Å². The predicted molar refractivity (Wildman–Crippen MR) is 200 cm³/mol. The first-order valence-corrected chi connectivity index (χ1v) is 19.0. The topological polar surface area (TPSA) is 130 Å². The van der Waals surface area contributed by atoms with Crippen molar-refractivity contribution < 1.29 is 47.8 Å². The number of carbonyl (C=O) groups excluding carboxylic acids is 2. The molecule has 3 saturated heterocycles. The molecule has 4 fully saturated rings. The summed E-state index contributed by atoms with van der Waals surface area (Å²) in [5.41, 5.74) is 2.79. The monoisotopic (exact) mass is 797 g/mol. The standard InChI is InChI=1S/C41H41Cl2F2N3O6.H2O/c42-32-21-46-22-33(43)31(32)19-35(29-11-12-34(54-41(44)45)36(18-29)51-24-25-9-10-25)52-39(49)30-8-4-5-26(17-30)20-47-38(28-6-2-1-3-7-28)40(50)53-37-23-48-15-13-27(37)14-16-48;/h1-8,11-12,17-18,21-22,25,27,35,37-38,41,47H,9-10,13-16,19-20,23-24H2;1H2/t35-,37-,38?;/m0./s1. The number of pyridine rings is 1. The number of benzene rings is 3. The number of hydrogen-bond donors (Lipinski definition) is 1. The Balaban J connectivity index is 0.00000514. The Kier molecular flexibility index (Phi) is 13.6. The van der Waals surface area contributed by atoms with Gasteiger partial charge in [0, 0.05) is 25.1 Å². The van der Waals surface area contributed by atoms with Gasteiger partial charge in [-0.1, -0.05) is 71.7 Å². The van der Waals surface area contributed by atoms with Crippen molar-refractivity contribution in [2.24, 2.45) is 11.8 Å². The molecule has 14 heteroatoms. The number of rotatable bonds is 16. The summed E-state index contributed by atoms with van der Waals surface area (Å²) in [6.45, 7) is 0.410. The van der Waals surface area contributed by atoms with Gasteiger partial charge in [0.1, 0.15) is 28.3 Å². The average Bonchev–Trinajstić information content (AvgIpc) is 4.01. The van der Waals surface area contributed by atoms with Gasteiger partial charge in [-0.15, -0.1) is 0 Å². The van der Waals surface area contributed by atoms with Crippen LogP contribution in [0.1, 0.15) is 70.4 Å². The number of H-pyrrole nitrogens is 1. The lowest BCUT2D eigenvalue weighted by Gasteiger charge is -2.44. The van der Waals surface area contributed by atoms with E-state index in [1.54, 1.807) is 42.7 Å². The third kappa shape index (κ3) is 10.5. The summed E-state index contributed by atoms with van der Waals surface area (Å²) in [6.07, 6.45) is 6.20. The lowest BCUT2D eigenvalue weighted by Crippen LogP contribution is -2.52. The number of nitrogens with zero attached hydrogens (tertiary/aromatic N) is 1. The van der Waals surface area contributed by atoms with Crippen LogP contribution in [0.3, 0.4) is 0 Å². The zero-order chi connectivity index (χ0) is 37.6. The van der Waals surface area contributed by atoms with E-state index in [1.807, 2.05) is 36.4 Å². The van der Waals surface area contributed by atoms with Gasteiger partial charge in [-0.05, 0) is 91.6 Å². The van der Waals surface area contributed by atoms with E-state index in [0.29, 0.717) is 39.6 Å². The molecule has 1 saturated carbocycles. The lowest BCUT2D eigenvalue weighted by atomic mass is 9.86. The Morgan fingerprint density at radius 1 is 0.891 bits per heavy atom. The molecule has 0 amide bonds. The van der Waals surface area contributed by atoms with Gasteiger partial charge in [-0.3, -0.25) is 10.2 Å². The van der Waals surface area contributed by atoms with Gasteiger partial charge in [-0.25, -0.2) is 14.6 Å². The molecule has 0 radical (unpaired) electrons. The first-order chi connectivity index (χ1) is 26.2. The minimum Gasteiger partial charge on any atom is -0.870 e. The van der Waals surface area contributed by atoms with Crippen LogP contribution in [0.4, 0.5) is 8.78 Å². The fourth-order valence-electron chi connectivity index (χ4n) is 7.08. The molecule has 3 aromatic carbocycles. The number of aromatic nitrogens is 1. The van der Waals surface area contributed by atoms with Crippen LogP contribution in [0.5, 0.6) is 11.5 Å². The molecule has 1 aromatic heterocycles. The second-order valence-corrected chi connectivity index (χ2v) is 14.9. The molecular formula is C41H43Cl2F2N3O7. The number of carbonyl (C=O) groups is 2. The third-order valence-electron chi connectivity index (χ3n) is 10.3. The Labute approximate surface area is 328 Å². The van der Waals surface area contributed by atoms with Gasteiger partial charge < -0.3 is 24.4 Å². The molecule has 8 rings (SSSR count). The van der Waals surface area contributed by atoms with E-state index in [0.717, 1.165) is 56.4 Å². The third-order valence-corrected chi connectivity index (χ3v) is 10.9. The Morgan fingerprint density at radius 2 is 1.64 bits per heavy atom. The molecule has 55 heavy (non-hydrogen) atoms. The minimum absolute atomic E-state index is 0. The summed E-state index contributed by atoms with van der Waals surface area (Å²) in [7, 11) is 0. The van der Waals surface area contributed by atoms with Crippen LogP contribution in [0.25, 0.3) is 0 Å². The van der Waals surface area contributed by atoms with Crippen molar-refractivity contribution in [1.82, 2.24) is 10.2 Å². The van der Waals surface area contributed by atoms with E-state index in [2.05, 4.69) is 15.2 Å². The molecule has 0 spiro atoms. The molecule has 10 nitrogen and oxygen atoms in total. The van der Waals surface area contributed by atoms with Gasteiger partial charge in [0.05, 0.1) is 12.2 Å². The number of aromatic amines is 1. The Hall–Kier alpha value is -4.33. The molecule has 1 unspecified atom stereocenters. The van der Waals surface area contributed by atoms with E-state index >= 15 is 0 Å². The van der Waals surface area contributed by atoms with E-state index < -0.39 is 24.7 Å². The van der Waals surface area contributed by atoms with Crippen molar-refractivity contribution in [3.8, 4) is 11.5 Å². The summed E-state index contributed by atoms with van der Waals surface area (Å²) in [5.74, 6) is -0.245. The number of hydrogen-bond acceptors (Lipinski definition) is 9.